The Morgan fingerprint density at radius 1 is 1.21 bits per heavy atom. The predicted octanol–water partition coefficient (Wildman–Crippen LogP) is 2.01. The number of ether oxygens (including phenoxy) is 1. The number of nitrogens with zero attached hydrogens (tertiary/aromatic N) is 3. The van der Waals surface area contributed by atoms with Crippen molar-refractivity contribution in [1.82, 2.24) is 20.0 Å². The van der Waals surface area contributed by atoms with E-state index in [1.807, 2.05) is 30.3 Å². The largest absolute Gasteiger partial charge is 0.444 e. The minimum Gasteiger partial charge on any atom is -0.444 e. The average molecular weight is 325 g/mol. The summed E-state index contributed by atoms with van der Waals surface area (Å²) in [6.45, 7) is 1.93. The fraction of sp³-hybridized carbons (Fsp3) is 0.125. The van der Waals surface area contributed by atoms with Crippen molar-refractivity contribution < 1.29 is 9.53 Å². The molecule has 0 fully saturated rings. The molecule has 8 nitrogen and oxygen atoms in total. The van der Waals surface area contributed by atoms with E-state index in [2.05, 4.69) is 20.6 Å². The Bertz CT molecular complexity index is 884. The molecule has 0 radical (unpaired) electrons. The van der Waals surface area contributed by atoms with E-state index < -0.39 is 6.09 Å². The molecule has 0 saturated heterocycles. The molecule has 3 rings (SSSR count). The lowest BCUT2D eigenvalue weighted by Gasteiger charge is -2.09. The number of aromatic amines is 1. The number of carbonyl (C=O) groups excluding carboxylic acids is 1. The van der Waals surface area contributed by atoms with Crippen LogP contribution in [0.1, 0.15) is 11.3 Å². The van der Waals surface area contributed by atoms with Gasteiger partial charge in [0.15, 0.2) is 5.82 Å². The molecule has 0 bridgehead atoms. The van der Waals surface area contributed by atoms with E-state index in [1.54, 1.807) is 19.1 Å². The van der Waals surface area contributed by atoms with Gasteiger partial charge in [0.25, 0.3) is 5.56 Å². The van der Waals surface area contributed by atoms with E-state index >= 15 is 0 Å². The van der Waals surface area contributed by atoms with Gasteiger partial charge in [-0.25, -0.2) is 9.48 Å². The maximum absolute atomic E-state index is 11.9. The van der Waals surface area contributed by atoms with Crippen molar-refractivity contribution >= 4 is 11.9 Å². The maximum atomic E-state index is 11.9. The molecule has 0 atom stereocenters. The van der Waals surface area contributed by atoms with Crippen molar-refractivity contribution in [3.8, 4) is 5.82 Å². The number of anilines is 1. The topological polar surface area (TPSA) is 102 Å². The zero-order chi connectivity index (χ0) is 16.9. The van der Waals surface area contributed by atoms with Gasteiger partial charge in [-0.1, -0.05) is 30.3 Å². The highest BCUT2D eigenvalue weighted by atomic mass is 16.5. The smallest absolute Gasteiger partial charge is 0.413 e. The standard InChI is InChI=1S/C16H15N5O3/c1-11-7-8-13(19-18-11)21-14(9-15(22)20-21)17-16(23)24-10-12-5-3-2-4-6-12/h2-9H,10H2,1H3,(H,17,23)(H,20,22). The van der Waals surface area contributed by atoms with Crippen LogP contribution >= 0.6 is 0 Å². The Balaban J connectivity index is 1.72. The van der Waals surface area contributed by atoms with Gasteiger partial charge in [-0.05, 0) is 24.6 Å². The first kappa shape index (κ1) is 15.5. The average Bonchev–Trinajstić information content (AvgIpc) is 2.95. The minimum atomic E-state index is -0.674. The number of H-pyrrole nitrogens is 1. The molecule has 3 aromatic rings. The van der Waals surface area contributed by atoms with E-state index in [0.29, 0.717) is 5.82 Å². The van der Waals surface area contributed by atoms with Crippen LogP contribution in [0.2, 0.25) is 0 Å². The monoisotopic (exact) mass is 325 g/mol. The van der Waals surface area contributed by atoms with Gasteiger partial charge in [-0.3, -0.25) is 15.2 Å². The van der Waals surface area contributed by atoms with E-state index in [-0.39, 0.29) is 18.0 Å². The van der Waals surface area contributed by atoms with Crippen LogP contribution in [0.5, 0.6) is 0 Å². The second-order valence-corrected chi connectivity index (χ2v) is 5.06. The molecular formula is C16H15N5O3. The zero-order valence-corrected chi connectivity index (χ0v) is 12.9. The normalized spacial score (nSPS) is 10.4. The van der Waals surface area contributed by atoms with Gasteiger partial charge in [0.05, 0.1) is 5.69 Å². The highest BCUT2D eigenvalue weighted by Gasteiger charge is 2.12. The summed E-state index contributed by atoms with van der Waals surface area (Å²) in [6, 6.07) is 14.0. The summed E-state index contributed by atoms with van der Waals surface area (Å²) in [4.78, 5) is 23.5. The van der Waals surface area contributed by atoms with E-state index in [1.165, 1.54) is 10.7 Å². The van der Waals surface area contributed by atoms with Crippen LogP contribution in [0.4, 0.5) is 10.6 Å². The van der Waals surface area contributed by atoms with Gasteiger partial charge in [0.1, 0.15) is 12.4 Å². The van der Waals surface area contributed by atoms with Crippen LogP contribution in [-0.4, -0.2) is 26.1 Å². The molecule has 1 aromatic carbocycles. The predicted molar refractivity (Wildman–Crippen MR) is 87.0 cm³/mol. The molecule has 0 aliphatic carbocycles. The van der Waals surface area contributed by atoms with E-state index in [0.717, 1.165) is 11.3 Å². The van der Waals surface area contributed by atoms with Crippen molar-refractivity contribution in [1.29, 1.82) is 0 Å². The second kappa shape index (κ2) is 6.78. The fourth-order valence-electron chi connectivity index (χ4n) is 2.04. The molecule has 0 aliphatic rings. The van der Waals surface area contributed by atoms with Crippen LogP contribution in [0.25, 0.3) is 5.82 Å². The Morgan fingerprint density at radius 3 is 2.71 bits per heavy atom. The molecule has 0 spiro atoms. The summed E-state index contributed by atoms with van der Waals surface area (Å²) in [7, 11) is 0. The quantitative estimate of drug-likeness (QED) is 0.764. The lowest BCUT2D eigenvalue weighted by Crippen LogP contribution is -2.17. The summed E-state index contributed by atoms with van der Waals surface area (Å²) in [5, 5.41) is 13.0. The minimum absolute atomic E-state index is 0.131. The Labute approximate surface area is 137 Å². The highest BCUT2D eigenvalue weighted by Crippen LogP contribution is 2.11. The number of hydrogen-bond donors (Lipinski definition) is 2. The number of aromatic nitrogens is 4. The van der Waals surface area contributed by atoms with Crippen molar-refractivity contribution in [2.45, 2.75) is 13.5 Å². The molecular weight excluding hydrogens is 310 g/mol. The number of benzene rings is 1. The van der Waals surface area contributed by atoms with Gasteiger partial charge < -0.3 is 4.74 Å². The molecule has 8 heteroatoms. The summed E-state index contributed by atoms with van der Waals surface area (Å²) in [5.74, 6) is 0.595. The van der Waals surface area contributed by atoms with Gasteiger partial charge >= 0.3 is 6.09 Å². The number of rotatable bonds is 4. The van der Waals surface area contributed by atoms with Crippen molar-refractivity contribution in [2.24, 2.45) is 0 Å². The third-order valence-electron chi connectivity index (χ3n) is 3.19. The second-order valence-electron chi connectivity index (χ2n) is 5.06. The van der Waals surface area contributed by atoms with Gasteiger partial charge in [0, 0.05) is 6.07 Å². The van der Waals surface area contributed by atoms with Crippen LogP contribution in [-0.2, 0) is 11.3 Å². The first-order chi connectivity index (χ1) is 11.6. The molecule has 2 aromatic heterocycles. The number of carbonyl (C=O) groups is 1. The van der Waals surface area contributed by atoms with Crippen LogP contribution in [0, 0.1) is 6.92 Å². The zero-order valence-electron chi connectivity index (χ0n) is 12.9. The number of hydrogen-bond acceptors (Lipinski definition) is 5. The Kier molecular flexibility index (Phi) is 4.37. The lowest BCUT2D eigenvalue weighted by molar-refractivity contribution is 0.155. The number of amides is 1. The van der Waals surface area contributed by atoms with Crippen LogP contribution in [0.3, 0.4) is 0 Å². The maximum Gasteiger partial charge on any atom is 0.413 e. The lowest BCUT2D eigenvalue weighted by atomic mass is 10.2. The van der Waals surface area contributed by atoms with Gasteiger partial charge in [-0.15, -0.1) is 5.10 Å². The third kappa shape index (κ3) is 3.67. The molecule has 1 amide bonds. The summed E-state index contributed by atoms with van der Waals surface area (Å²) < 4.78 is 6.47. The van der Waals surface area contributed by atoms with Gasteiger partial charge in [-0.2, -0.15) is 5.10 Å². The van der Waals surface area contributed by atoms with Crippen LogP contribution < -0.4 is 10.9 Å². The Hall–Kier alpha value is -3.42. The van der Waals surface area contributed by atoms with Crippen molar-refractivity contribution in [3.63, 3.8) is 0 Å². The fourth-order valence-corrected chi connectivity index (χ4v) is 2.04. The number of nitrogens with one attached hydrogen (secondary N) is 2. The first-order valence-corrected chi connectivity index (χ1v) is 7.22. The molecule has 122 valence electrons. The molecule has 2 heterocycles. The molecule has 24 heavy (non-hydrogen) atoms. The summed E-state index contributed by atoms with van der Waals surface area (Å²) in [6.07, 6.45) is -0.674. The SMILES string of the molecule is Cc1ccc(-n2[nH]c(=O)cc2NC(=O)OCc2ccccc2)nn1. The molecule has 0 aliphatic heterocycles. The molecule has 0 unspecified atom stereocenters. The summed E-state index contributed by atoms with van der Waals surface area (Å²) >= 11 is 0. The van der Waals surface area contributed by atoms with Crippen LogP contribution in [0.15, 0.2) is 53.3 Å². The summed E-state index contributed by atoms with van der Waals surface area (Å²) in [5.41, 5.74) is 1.23. The Morgan fingerprint density at radius 2 is 2.00 bits per heavy atom. The van der Waals surface area contributed by atoms with E-state index in [9.17, 15) is 9.59 Å². The first-order valence-electron chi connectivity index (χ1n) is 7.22. The van der Waals surface area contributed by atoms with Crippen molar-refractivity contribution in [3.05, 3.63) is 70.1 Å². The third-order valence-corrected chi connectivity index (χ3v) is 3.19. The highest BCUT2D eigenvalue weighted by molar-refractivity contribution is 5.83. The molecule has 2 N–H and O–H groups in total. The van der Waals surface area contributed by atoms with Gasteiger partial charge in [0.2, 0.25) is 0 Å². The molecule has 0 saturated carbocycles. The van der Waals surface area contributed by atoms with E-state index in [4.69, 9.17) is 4.74 Å². The van der Waals surface area contributed by atoms with Crippen molar-refractivity contribution in [2.75, 3.05) is 5.32 Å². The number of aryl methyl sites for hydroxylation is 1.